The van der Waals surface area contributed by atoms with Crippen molar-refractivity contribution < 1.29 is 9.90 Å². The average Bonchev–Trinajstić information content (AvgIpc) is 2.47. The van der Waals surface area contributed by atoms with E-state index in [9.17, 15) is 4.79 Å². The van der Waals surface area contributed by atoms with E-state index in [2.05, 4.69) is 22.5 Å². The lowest BCUT2D eigenvalue weighted by Gasteiger charge is -2.25. The number of nitrogens with zero attached hydrogens (tertiary/aromatic N) is 1. The second-order valence-corrected chi connectivity index (χ2v) is 5.96. The minimum atomic E-state index is -1.08. The summed E-state index contributed by atoms with van der Waals surface area (Å²) in [5, 5.41) is 14.6. The largest absolute Gasteiger partial charge is 0.465 e. The molecule has 3 N–H and O–H groups in total. The van der Waals surface area contributed by atoms with Gasteiger partial charge in [-0.25, -0.2) is 9.78 Å². The number of anilines is 1. The second-order valence-electron chi connectivity index (χ2n) is 5.96. The molecule has 1 aromatic rings. The highest BCUT2D eigenvalue weighted by Crippen LogP contribution is 2.27. The zero-order chi connectivity index (χ0) is 15.1. The Morgan fingerprint density at radius 2 is 2.19 bits per heavy atom. The van der Waals surface area contributed by atoms with Gasteiger partial charge in [0.25, 0.3) is 0 Å². The molecule has 0 aromatic carbocycles. The van der Waals surface area contributed by atoms with Crippen molar-refractivity contribution in [3.8, 4) is 0 Å². The van der Waals surface area contributed by atoms with Crippen molar-refractivity contribution in [2.75, 3.05) is 5.32 Å². The Morgan fingerprint density at radius 3 is 2.90 bits per heavy atom. The molecule has 1 heterocycles. The van der Waals surface area contributed by atoms with Gasteiger partial charge in [-0.05, 0) is 25.3 Å². The smallest absolute Gasteiger partial charge is 0.410 e. The van der Waals surface area contributed by atoms with Crippen molar-refractivity contribution in [3.05, 3.63) is 23.9 Å². The third-order valence-electron chi connectivity index (χ3n) is 4.17. The van der Waals surface area contributed by atoms with Crippen LogP contribution < -0.4 is 10.6 Å². The second kappa shape index (κ2) is 7.98. The zero-order valence-electron chi connectivity index (χ0n) is 12.6. The number of hydrogen-bond donors (Lipinski definition) is 3. The quantitative estimate of drug-likeness (QED) is 0.748. The molecule has 21 heavy (non-hydrogen) atoms. The van der Waals surface area contributed by atoms with Crippen molar-refractivity contribution in [3.63, 3.8) is 0 Å². The van der Waals surface area contributed by atoms with Crippen molar-refractivity contribution in [2.24, 2.45) is 5.92 Å². The summed E-state index contributed by atoms with van der Waals surface area (Å²) in [6.07, 6.45) is 8.54. The standard InChI is InChI=1S/C16H25N3O2/c1-12(10-13-6-3-2-4-7-13)18-11-14-8-5-9-17-15(14)19-16(20)21/h5,8-9,12-13,18H,2-4,6-7,10-11H2,1H3,(H,17,19)(H,20,21). The molecule has 0 spiro atoms. The highest BCUT2D eigenvalue weighted by Gasteiger charge is 2.16. The molecule has 1 amide bonds. The monoisotopic (exact) mass is 291 g/mol. The van der Waals surface area contributed by atoms with Crippen LogP contribution in [0.1, 0.15) is 51.0 Å². The van der Waals surface area contributed by atoms with Crippen molar-refractivity contribution in [2.45, 2.75) is 58.0 Å². The summed E-state index contributed by atoms with van der Waals surface area (Å²) in [6, 6.07) is 4.17. The van der Waals surface area contributed by atoms with Crippen LogP contribution in [0.3, 0.4) is 0 Å². The first kappa shape index (κ1) is 15.8. The van der Waals surface area contributed by atoms with E-state index in [4.69, 9.17) is 5.11 Å². The third-order valence-corrected chi connectivity index (χ3v) is 4.17. The van der Waals surface area contributed by atoms with Crippen LogP contribution in [0.15, 0.2) is 18.3 Å². The first-order valence-corrected chi connectivity index (χ1v) is 7.82. The number of rotatable bonds is 6. The normalized spacial score (nSPS) is 17.4. The lowest BCUT2D eigenvalue weighted by atomic mass is 9.85. The molecule has 116 valence electrons. The fourth-order valence-corrected chi connectivity index (χ4v) is 3.09. The number of carboxylic acid groups (broad SMARTS) is 1. The molecule has 0 bridgehead atoms. The molecule has 1 aromatic heterocycles. The molecule has 2 rings (SSSR count). The Balaban J connectivity index is 1.82. The van der Waals surface area contributed by atoms with Crippen LogP contribution in [0.4, 0.5) is 10.6 Å². The first-order valence-electron chi connectivity index (χ1n) is 7.82. The third kappa shape index (κ3) is 5.34. The molecule has 1 fully saturated rings. The molecule has 1 aliphatic carbocycles. The van der Waals surface area contributed by atoms with Gasteiger partial charge in [0.2, 0.25) is 0 Å². The molecule has 1 aliphatic rings. The summed E-state index contributed by atoms with van der Waals surface area (Å²) < 4.78 is 0. The maximum absolute atomic E-state index is 10.8. The van der Waals surface area contributed by atoms with E-state index in [1.165, 1.54) is 38.5 Å². The molecule has 1 saturated carbocycles. The average molecular weight is 291 g/mol. The number of pyridine rings is 1. The molecule has 0 aliphatic heterocycles. The van der Waals surface area contributed by atoms with Gasteiger partial charge in [0.1, 0.15) is 5.82 Å². The van der Waals surface area contributed by atoms with Crippen LogP contribution in [0.2, 0.25) is 0 Å². The van der Waals surface area contributed by atoms with E-state index < -0.39 is 6.09 Å². The van der Waals surface area contributed by atoms with Gasteiger partial charge >= 0.3 is 6.09 Å². The summed E-state index contributed by atoms with van der Waals surface area (Å²) >= 11 is 0. The van der Waals surface area contributed by atoms with Gasteiger partial charge in [-0.2, -0.15) is 0 Å². The number of hydrogen-bond acceptors (Lipinski definition) is 3. The number of amides is 1. The zero-order valence-corrected chi connectivity index (χ0v) is 12.6. The summed E-state index contributed by atoms with van der Waals surface area (Å²) in [6.45, 7) is 2.84. The van der Waals surface area contributed by atoms with Gasteiger partial charge in [-0.1, -0.05) is 38.2 Å². The lowest BCUT2D eigenvalue weighted by Crippen LogP contribution is -2.29. The first-order chi connectivity index (χ1) is 10.1. The van der Waals surface area contributed by atoms with E-state index >= 15 is 0 Å². The van der Waals surface area contributed by atoms with Gasteiger partial charge in [0.05, 0.1) is 0 Å². The fourth-order valence-electron chi connectivity index (χ4n) is 3.09. The Kier molecular flexibility index (Phi) is 5.99. The molecular formula is C16H25N3O2. The maximum Gasteiger partial charge on any atom is 0.410 e. The summed E-state index contributed by atoms with van der Waals surface area (Å²) in [4.78, 5) is 14.8. The van der Waals surface area contributed by atoms with Gasteiger partial charge < -0.3 is 10.4 Å². The summed E-state index contributed by atoms with van der Waals surface area (Å²) in [5.74, 6) is 1.26. The Bertz CT molecular complexity index is 459. The molecule has 0 saturated heterocycles. The summed E-state index contributed by atoms with van der Waals surface area (Å²) in [7, 11) is 0. The molecule has 5 heteroatoms. The van der Waals surface area contributed by atoms with Crippen LogP contribution in [-0.2, 0) is 6.54 Å². The van der Waals surface area contributed by atoms with E-state index in [1.807, 2.05) is 12.1 Å². The molecule has 0 radical (unpaired) electrons. The van der Waals surface area contributed by atoms with E-state index in [0.29, 0.717) is 18.4 Å². The molecule has 1 atom stereocenters. The number of aromatic nitrogens is 1. The van der Waals surface area contributed by atoms with E-state index in [0.717, 1.165) is 11.5 Å². The highest BCUT2D eigenvalue weighted by atomic mass is 16.4. The van der Waals surface area contributed by atoms with Gasteiger partial charge in [0, 0.05) is 24.3 Å². The van der Waals surface area contributed by atoms with Crippen molar-refractivity contribution >= 4 is 11.9 Å². The highest BCUT2D eigenvalue weighted by molar-refractivity contribution is 5.82. The predicted molar refractivity (Wildman–Crippen MR) is 83.4 cm³/mol. The molecule has 5 nitrogen and oxygen atoms in total. The number of carbonyl (C=O) groups is 1. The molecule has 1 unspecified atom stereocenters. The Hall–Kier alpha value is -1.62. The molecular weight excluding hydrogens is 266 g/mol. The van der Waals surface area contributed by atoms with Crippen molar-refractivity contribution in [1.82, 2.24) is 10.3 Å². The van der Waals surface area contributed by atoms with Crippen LogP contribution in [0.5, 0.6) is 0 Å². The maximum atomic E-state index is 10.8. The van der Waals surface area contributed by atoms with Crippen molar-refractivity contribution in [1.29, 1.82) is 0 Å². The number of nitrogens with one attached hydrogen (secondary N) is 2. The minimum absolute atomic E-state index is 0.419. The predicted octanol–water partition coefficient (Wildman–Crippen LogP) is 3.62. The minimum Gasteiger partial charge on any atom is -0.465 e. The van der Waals surface area contributed by atoms with E-state index in [-0.39, 0.29) is 0 Å². The van der Waals surface area contributed by atoms with Gasteiger partial charge in [-0.3, -0.25) is 5.32 Å². The van der Waals surface area contributed by atoms with E-state index in [1.54, 1.807) is 6.20 Å². The Labute approximate surface area is 126 Å². The fraction of sp³-hybridized carbons (Fsp3) is 0.625. The summed E-state index contributed by atoms with van der Waals surface area (Å²) in [5.41, 5.74) is 0.885. The Morgan fingerprint density at radius 1 is 1.43 bits per heavy atom. The van der Waals surface area contributed by atoms with Crippen LogP contribution in [0, 0.1) is 5.92 Å². The van der Waals surface area contributed by atoms with Gasteiger partial charge in [0.15, 0.2) is 0 Å². The SMILES string of the molecule is CC(CC1CCCCC1)NCc1cccnc1NC(=O)O. The van der Waals surface area contributed by atoms with Crippen LogP contribution in [0.25, 0.3) is 0 Å². The lowest BCUT2D eigenvalue weighted by molar-refractivity contribution is 0.209. The van der Waals surface area contributed by atoms with Gasteiger partial charge in [-0.15, -0.1) is 0 Å². The van der Waals surface area contributed by atoms with Crippen LogP contribution in [-0.4, -0.2) is 22.2 Å². The van der Waals surface area contributed by atoms with Crippen LogP contribution >= 0.6 is 0 Å². The topological polar surface area (TPSA) is 74.2 Å².